The SMILES string of the molecule is CCCCCCC/C=C\C/C=C\C/C=C\CCCCCCCCCCCCCCC(=O)NC(COP(=O)(O)OCC[N+](C)(C)C)C(O)CCCCCCCCCCCCCCCCCCCCCCCCCCCCCCC. The number of amides is 1. The van der Waals surface area contributed by atoms with Gasteiger partial charge in [0.25, 0.3) is 0 Å². The molecule has 0 spiro atoms. The standard InChI is InChI=1S/C69H135N2O6P/c1-6-8-10-12-14-16-18-20-22-24-26-28-30-32-34-35-37-38-40-42-44-46-48-50-52-54-56-58-60-62-68(72)67(66-77-78(74,75)76-65-64-71(3,4)5)70-69(73)63-61-59-57-55-53-51-49-47-45-43-41-39-36-33-31-29-27-25-23-21-19-17-15-13-11-9-7-2/h19,21,25,27,31,33,67-68,72H,6-18,20,22-24,26,28-30,32,34-66H2,1-5H3,(H-,70,73,74,75)/p+1/b21-19-,27-25-,33-31-. The van der Waals surface area contributed by atoms with Gasteiger partial charge < -0.3 is 19.8 Å². The summed E-state index contributed by atoms with van der Waals surface area (Å²) in [5, 5.41) is 14.1. The summed E-state index contributed by atoms with van der Waals surface area (Å²) in [6.45, 7) is 4.93. The summed E-state index contributed by atoms with van der Waals surface area (Å²) in [5.41, 5.74) is 0. The zero-order chi connectivity index (χ0) is 57.0. The number of nitrogens with zero attached hydrogens (tertiary/aromatic N) is 1. The van der Waals surface area contributed by atoms with Crippen molar-refractivity contribution in [3.8, 4) is 0 Å². The number of rotatable bonds is 64. The Morgan fingerprint density at radius 2 is 0.731 bits per heavy atom. The third-order valence-electron chi connectivity index (χ3n) is 15.9. The summed E-state index contributed by atoms with van der Waals surface area (Å²) in [7, 11) is 1.63. The van der Waals surface area contributed by atoms with Gasteiger partial charge in [0, 0.05) is 6.42 Å². The fraction of sp³-hybridized carbons (Fsp3) is 0.899. The summed E-state index contributed by atoms with van der Waals surface area (Å²) < 4.78 is 23.9. The summed E-state index contributed by atoms with van der Waals surface area (Å²) in [4.78, 5) is 23.4. The van der Waals surface area contributed by atoms with Crippen molar-refractivity contribution in [2.45, 2.75) is 360 Å². The molecule has 0 fully saturated rings. The number of hydrogen-bond acceptors (Lipinski definition) is 5. The molecule has 0 aromatic carbocycles. The van der Waals surface area contributed by atoms with E-state index in [1.165, 1.54) is 270 Å². The molecule has 0 aliphatic heterocycles. The van der Waals surface area contributed by atoms with Gasteiger partial charge in [0.2, 0.25) is 5.91 Å². The molecule has 0 radical (unpaired) electrons. The number of quaternary nitrogens is 1. The predicted octanol–water partition coefficient (Wildman–Crippen LogP) is 21.7. The van der Waals surface area contributed by atoms with Crippen molar-refractivity contribution in [2.24, 2.45) is 0 Å². The van der Waals surface area contributed by atoms with Crippen LogP contribution in [0.5, 0.6) is 0 Å². The first-order valence-electron chi connectivity index (χ1n) is 34.4. The fourth-order valence-corrected chi connectivity index (χ4v) is 11.3. The highest BCUT2D eigenvalue weighted by Crippen LogP contribution is 2.43. The van der Waals surface area contributed by atoms with Crippen LogP contribution in [0.4, 0.5) is 0 Å². The Kier molecular flexibility index (Phi) is 59.3. The predicted molar refractivity (Wildman–Crippen MR) is 341 cm³/mol. The van der Waals surface area contributed by atoms with Crippen LogP contribution in [-0.2, 0) is 18.4 Å². The second kappa shape index (κ2) is 60.3. The number of likely N-dealkylation sites (N-methyl/N-ethyl adjacent to an activating group) is 1. The van der Waals surface area contributed by atoms with Crippen LogP contribution in [0.1, 0.15) is 348 Å². The van der Waals surface area contributed by atoms with E-state index in [1.54, 1.807) is 0 Å². The number of carbonyl (C=O) groups excluding carboxylic acids is 1. The van der Waals surface area contributed by atoms with Crippen LogP contribution in [-0.4, -0.2) is 73.4 Å². The van der Waals surface area contributed by atoms with Crippen LogP contribution in [0, 0.1) is 0 Å². The van der Waals surface area contributed by atoms with Gasteiger partial charge >= 0.3 is 7.82 Å². The van der Waals surface area contributed by atoms with Crippen molar-refractivity contribution in [2.75, 3.05) is 40.9 Å². The van der Waals surface area contributed by atoms with Crippen LogP contribution < -0.4 is 5.32 Å². The Bertz CT molecular complexity index is 1360. The van der Waals surface area contributed by atoms with Crippen molar-refractivity contribution < 1.29 is 32.9 Å². The summed E-state index contributed by atoms with van der Waals surface area (Å²) in [6.07, 6.45) is 79.5. The minimum absolute atomic E-state index is 0.0751. The molecule has 0 heterocycles. The molecular formula is C69H136N2O6P+. The molecule has 3 N–H and O–H groups in total. The number of phosphoric ester groups is 1. The molecule has 462 valence electrons. The lowest BCUT2D eigenvalue weighted by Gasteiger charge is -2.26. The third kappa shape index (κ3) is 62.3. The number of aliphatic hydroxyl groups is 1. The number of hydrogen-bond donors (Lipinski definition) is 3. The molecule has 0 saturated carbocycles. The lowest BCUT2D eigenvalue weighted by molar-refractivity contribution is -0.870. The van der Waals surface area contributed by atoms with Crippen LogP contribution in [0.15, 0.2) is 36.5 Å². The first kappa shape index (κ1) is 76.7. The van der Waals surface area contributed by atoms with Gasteiger partial charge in [-0.2, -0.15) is 0 Å². The van der Waals surface area contributed by atoms with Gasteiger partial charge in [-0.25, -0.2) is 4.57 Å². The minimum Gasteiger partial charge on any atom is -0.391 e. The van der Waals surface area contributed by atoms with E-state index in [1.807, 2.05) is 21.1 Å². The van der Waals surface area contributed by atoms with Gasteiger partial charge in [-0.05, 0) is 51.4 Å². The number of carbonyl (C=O) groups is 1. The molecule has 0 rings (SSSR count). The van der Waals surface area contributed by atoms with Crippen molar-refractivity contribution >= 4 is 13.7 Å². The van der Waals surface area contributed by atoms with E-state index < -0.39 is 20.0 Å². The average Bonchev–Trinajstić information content (AvgIpc) is 3.41. The van der Waals surface area contributed by atoms with Gasteiger partial charge in [-0.3, -0.25) is 13.8 Å². The number of unbranched alkanes of at least 4 members (excludes halogenated alkanes) is 45. The third-order valence-corrected chi connectivity index (χ3v) is 16.9. The molecule has 78 heavy (non-hydrogen) atoms. The minimum atomic E-state index is -4.33. The Hall–Kier alpha value is -1.28. The highest BCUT2D eigenvalue weighted by atomic mass is 31.2. The lowest BCUT2D eigenvalue weighted by atomic mass is 10.0. The van der Waals surface area contributed by atoms with E-state index in [4.69, 9.17) is 9.05 Å². The molecule has 8 nitrogen and oxygen atoms in total. The van der Waals surface area contributed by atoms with Crippen molar-refractivity contribution in [1.82, 2.24) is 5.32 Å². The van der Waals surface area contributed by atoms with Gasteiger partial charge in [0.1, 0.15) is 13.2 Å². The number of aliphatic hydroxyl groups excluding tert-OH is 1. The first-order chi connectivity index (χ1) is 38.0. The molecule has 0 aliphatic carbocycles. The lowest BCUT2D eigenvalue weighted by Crippen LogP contribution is -2.46. The molecule has 0 aliphatic rings. The normalized spacial score (nSPS) is 13.9. The first-order valence-corrected chi connectivity index (χ1v) is 35.8. The Morgan fingerprint density at radius 3 is 1.06 bits per heavy atom. The summed E-state index contributed by atoms with van der Waals surface area (Å²) >= 11 is 0. The molecule has 0 aromatic rings. The number of phosphoric acid groups is 1. The van der Waals surface area contributed by atoms with Crippen LogP contribution in [0.25, 0.3) is 0 Å². The molecule has 9 heteroatoms. The second-order valence-corrected chi connectivity index (χ2v) is 26.4. The molecule has 3 unspecified atom stereocenters. The smallest absolute Gasteiger partial charge is 0.391 e. The van der Waals surface area contributed by atoms with E-state index >= 15 is 0 Å². The maximum absolute atomic E-state index is 13.1. The summed E-state index contributed by atoms with van der Waals surface area (Å²) in [6, 6.07) is -0.764. The van der Waals surface area contributed by atoms with E-state index in [9.17, 15) is 19.4 Å². The Morgan fingerprint density at radius 1 is 0.436 bits per heavy atom. The Labute approximate surface area is 487 Å². The second-order valence-electron chi connectivity index (χ2n) is 24.9. The van der Waals surface area contributed by atoms with E-state index in [0.717, 1.165) is 51.4 Å². The van der Waals surface area contributed by atoms with Crippen LogP contribution >= 0.6 is 7.82 Å². The van der Waals surface area contributed by atoms with E-state index in [0.29, 0.717) is 23.9 Å². The number of nitrogens with one attached hydrogen (secondary N) is 1. The molecule has 1 amide bonds. The van der Waals surface area contributed by atoms with Gasteiger partial charge in [0.05, 0.1) is 39.9 Å². The molecule has 0 aromatic heterocycles. The van der Waals surface area contributed by atoms with E-state index in [2.05, 4.69) is 55.6 Å². The van der Waals surface area contributed by atoms with Crippen LogP contribution in [0.2, 0.25) is 0 Å². The largest absolute Gasteiger partial charge is 0.472 e. The van der Waals surface area contributed by atoms with Crippen molar-refractivity contribution in [3.63, 3.8) is 0 Å². The highest BCUT2D eigenvalue weighted by Gasteiger charge is 2.28. The van der Waals surface area contributed by atoms with E-state index in [-0.39, 0.29) is 19.1 Å². The Balaban J connectivity index is 4.05. The average molecular weight is 1120 g/mol. The number of allylic oxidation sites excluding steroid dienone is 6. The molecular weight excluding hydrogens is 984 g/mol. The fourth-order valence-electron chi connectivity index (χ4n) is 10.5. The topological polar surface area (TPSA) is 105 Å². The summed E-state index contributed by atoms with van der Waals surface area (Å²) in [5.74, 6) is -0.141. The quantitative estimate of drug-likeness (QED) is 0.0243. The van der Waals surface area contributed by atoms with Gasteiger partial charge in [0.15, 0.2) is 0 Å². The monoisotopic (exact) mass is 1120 g/mol. The van der Waals surface area contributed by atoms with Crippen molar-refractivity contribution in [1.29, 1.82) is 0 Å². The molecule has 0 saturated heterocycles. The van der Waals surface area contributed by atoms with Gasteiger partial charge in [-0.1, -0.05) is 326 Å². The van der Waals surface area contributed by atoms with Crippen molar-refractivity contribution in [3.05, 3.63) is 36.5 Å². The van der Waals surface area contributed by atoms with Gasteiger partial charge in [-0.15, -0.1) is 0 Å². The van der Waals surface area contributed by atoms with Crippen LogP contribution in [0.3, 0.4) is 0 Å². The maximum atomic E-state index is 13.1. The molecule has 0 bridgehead atoms. The maximum Gasteiger partial charge on any atom is 0.472 e. The zero-order valence-electron chi connectivity index (χ0n) is 52.9. The highest BCUT2D eigenvalue weighted by molar-refractivity contribution is 7.47. The molecule has 3 atom stereocenters. The zero-order valence-corrected chi connectivity index (χ0v) is 53.8.